The summed E-state index contributed by atoms with van der Waals surface area (Å²) in [4.78, 5) is 11.8. The Morgan fingerprint density at radius 2 is 2.09 bits per heavy atom. The summed E-state index contributed by atoms with van der Waals surface area (Å²) < 4.78 is 18.0. The summed E-state index contributed by atoms with van der Waals surface area (Å²) in [6.07, 6.45) is 0. The van der Waals surface area contributed by atoms with Crippen LogP contribution in [0.5, 0.6) is 5.75 Å². The van der Waals surface area contributed by atoms with Crippen LogP contribution in [0.4, 0.5) is 10.1 Å². The smallest absolute Gasteiger partial charge is 0.239 e. The van der Waals surface area contributed by atoms with Crippen LogP contribution in [0.25, 0.3) is 0 Å². The first kappa shape index (κ1) is 16.1. The molecule has 0 saturated carbocycles. The van der Waals surface area contributed by atoms with Crippen molar-refractivity contribution in [2.45, 2.75) is 6.54 Å². The molecule has 0 fully saturated rings. The molecule has 0 atom stereocenters. The van der Waals surface area contributed by atoms with Crippen LogP contribution < -0.4 is 15.4 Å². The summed E-state index contributed by atoms with van der Waals surface area (Å²) in [6, 6.07) is 11.4. The van der Waals surface area contributed by atoms with Gasteiger partial charge in [-0.2, -0.15) is 0 Å². The van der Waals surface area contributed by atoms with Crippen LogP contribution in [0.2, 0.25) is 5.02 Å². The van der Waals surface area contributed by atoms with Gasteiger partial charge >= 0.3 is 0 Å². The van der Waals surface area contributed by atoms with Gasteiger partial charge in [-0.25, -0.2) is 4.39 Å². The van der Waals surface area contributed by atoms with Gasteiger partial charge in [0.25, 0.3) is 0 Å². The second-order valence-corrected chi connectivity index (χ2v) is 5.01. The lowest BCUT2D eigenvalue weighted by molar-refractivity contribution is -0.119. The lowest BCUT2D eigenvalue weighted by Crippen LogP contribution is -2.29. The van der Waals surface area contributed by atoms with Crippen LogP contribution in [0.3, 0.4) is 0 Å². The van der Waals surface area contributed by atoms with Crippen molar-refractivity contribution in [3.05, 3.63) is 58.9 Å². The van der Waals surface area contributed by atoms with Gasteiger partial charge in [0.05, 0.1) is 24.4 Å². The number of hydrogen-bond donors (Lipinski definition) is 2. The Labute approximate surface area is 133 Å². The van der Waals surface area contributed by atoms with Crippen molar-refractivity contribution in [3.8, 4) is 5.75 Å². The second kappa shape index (κ2) is 7.66. The van der Waals surface area contributed by atoms with Gasteiger partial charge in [0.1, 0.15) is 11.6 Å². The van der Waals surface area contributed by atoms with E-state index < -0.39 is 5.82 Å². The van der Waals surface area contributed by atoms with Crippen LogP contribution in [-0.2, 0) is 11.3 Å². The van der Waals surface area contributed by atoms with Crippen LogP contribution >= 0.6 is 11.6 Å². The minimum Gasteiger partial charge on any atom is -0.497 e. The normalized spacial score (nSPS) is 10.1. The number of amides is 1. The summed E-state index contributed by atoms with van der Waals surface area (Å²) >= 11 is 5.87. The van der Waals surface area contributed by atoms with Crippen LogP contribution in [0.1, 0.15) is 5.56 Å². The summed E-state index contributed by atoms with van der Waals surface area (Å²) in [5.74, 6) is 0.129. The first-order valence-corrected chi connectivity index (χ1v) is 7.05. The van der Waals surface area contributed by atoms with Crippen molar-refractivity contribution in [1.29, 1.82) is 0 Å². The number of nitrogens with one attached hydrogen (secondary N) is 2. The molecular formula is C16H16ClFN2O2. The molecule has 0 unspecified atom stereocenters. The number of methoxy groups -OCH3 is 1. The standard InChI is InChI=1S/C16H16ClFN2O2/c1-22-13-4-2-3-11(7-13)9-20-16(21)10-19-15-6-5-12(18)8-14(15)17/h2-8,19H,9-10H2,1H3,(H,20,21). The number of carbonyl (C=O) groups excluding carboxylic acids is 1. The summed E-state index contributed by atoms with van der Waals surface area (Å²) in [5, 5.41) is 5.88. The van der Waals surface area contributed by atoms with Gasteiger partial charge in [-0.1, -0.05) is 23.7 Å². The minimum atomic E-state index is -0.418. The Morgan fingerprint density at radius 1 is 1.27 bits per heavy atom. The molecule has 0 bridgehead atoms. The molecule has 0 radical (unpaired) electrons. The monoisotopic (exact) mass is 322 g/mol. The van der Waals surface area contributed by atoms with Gasteiger partial charge in [-0.05, 0) is 35.9 Å². The highest BCUT2D eigenvalue weighted by Crippen LogP contribution is 2.21. The molecule has 0 spiro atoms. The maximum Gasteiger partial charge on any atom is 0.239 e. The largest absolute Gasteiger partial charge is 0.497 e. The number of rotatable bonds is 6. The molecule has 0 saturated heterocycles. The number of carbonyl (C=O) groups is 1. The van der Waals surface area contributed by atoms with E-state index in [1.165, 1.54) is 18.2 Å². The maximum absolute atomic E-state index is 12.9. The van der Waals surface area contributed by atoms with E-state index in [2.05, 4.69) is 10.6 Å². The highest BCUT2D eigenvalue weighted by molar-refractivity contribution is 6.33. The fourth-order valence-electron chi connectivity index (χ4n) is 1.85. The number of hydrogen-bond acceptors (Lipinski definition) is 3. The summed E-state index contributed by atoms with van der Waals surface area (Å²) in [5.41, 5.74) is 1.45. The zero-order valence-corrected chi connectivity index (χ0v) is 12.8. The average Bonchev–Trinajstić information content (AvgIpc) is 2.52. The van der Waals surface area contributed by atoms with Crippen molar-refractivity contribution in [2.75, 3.05) is 19.0 Å². The molecule has 0 heterocycles. The van der Waals surface area contributed by atoms with Gasteiger partial charge in [0.15, 0.2) is 0 Å². The molecule has 2 N–H and O–H groups in total. The Morgan fingerprint density at radius 3 is 2.82 bits per heavy atom. The SMILES string of the molecule is COc1cccc(CNC(=O)CNc2ccc(F)cc2Cl)c1. The maximum atomic E-state index is 12.9. The first-order chi connectivity index (χ1) is 10.6. The number of ether oxygens (including phenoxy) is 1. The topological polar surface area (TPSA) is 50.4 Å². The lowest BCUT2D eigenvalue weighted by atomic mass is 10.2. The first-order valence-electron chi connectivity index (χ1n) is 6.67. The quantitative estimate of drug-likeness (QED) is 0.858. The predicted octanol–water partition coefficient (Wildman–Crippen LogP) is 3.22. The van der Waals surface area contributed by atoms with Crippen LogP contribution in [0, 0.1) is 5.82 Å². The van der Waals surface area contributed by atoms with Crippen molar-refractivity contribution in [1.82, 2.24) is 5.32 Å². The number of benzene rings is 2. The highest BCUT2D eigenvalue weighted by atomic mass is 35.5. The van der Waals surface area contributed by atoms with E-state index in [1.807, 2.05) is 24.3 Å². The average molecular weight is 323 g/mol. The van der Waals surface area contributed by atoms with Crippen LogP contribution in [-0.4, -0.2) is 19.6 Å². The molecule has 2 aromatic carbocycles. The van der Waals surface area contributed by atoms with Crippen molar-refractivity contribution in [3.63, 3.8) is 0 Å². The number of halogens is 2. The third-order valence-corrected chi connectivity index (χ3v) is 3.31. The van der Waals surface area contributed by atoms with E-state index in [-0.39, 0.29) is 17.5 Å². The Kier molecular flexibility index (Phi) is 5.61. The fourth-order valence-corrected chi connectivity index (χ4v) is 2.09. The molecule has 0 aromatic heterocycles. The lowest BCUT2D eigenvalue weighted by Gasteiger charge is -2.10. The van der Waals surface area contributed by atoms with Gasteiger partial charge in [0.2, 0.25) is 5.91 Å². The van der Waals surface area contributed by atoms with Crippen LogP contribution in [0.15, 0.2) is 42.5 Å². The Bertz CT molecular complexity index is 664. The van der Waals surface area contributed by atoms with E-state index in [0.717, 1.165) is 11.3 Å². The molecule has 2 aromatic rings. The minimum absolute atomic E-state index is 0.0509. The molecule has 4 nitrogen and oxygen atoms in total. The molecule has 1 amide bonds. The Hall–Kier alpha value is -2.27. The molecule has 6 heteroatoms. The van der Waals surface area contributed by atoms with Gasteiger partial charge in [0, 0.05) is 6.54 Å². The zero-order valence-electron chi connectivity index (χ0n) is 12.0. The summed E-state index contributed by atoms with van der Waals surface area (Å²) in [7, 11) is 1.59. The third kappa shape index (κ3) is 4.63. The van der Waals surface area contributed by atoms with Crippen molar-refractivity contribution in [2.24, 2.45) is 0 Å². The molecule has 2 rings (SSSR count). The summed E-state index contributed by atoms with van der Waals surface area (Å²) in [6.45, 7) is 0.449. The van der Waals surface area contributed by atoms with Crippen molar-refractivity contribution >= 4 is 23.2 Å². The number of anilines is 1. The highest BCUT2D eigenvalue weighted by Gasteiger charge is 2.05. The second-order valence-electron chi connectivity index (χ2n) is 4.61. The molecule has 116 valence electrons. The zero-order chi connectivity index (χ0) is 15.9. The van der Waals surface area contributed by atoms with E-state index in [0.29, 0.717) is 12.2 Å². The van der Waals surface area contributed by atoms with E-state index in [9.17, 15) is 9.18 Å². The third-order valence-electron chi connectivity index (χ3n) is 2.99. The molecular weight excluding hydrogens is 307 g/mol. The fraction of sp³-hybridized carbons (Fsp3) is 0.188. The van der Waals surface area contributed by atoms with Gasteiger partial charge in [-0.15, -0.1) is 0 Å². The van der Waals surface area contributed by atoms with Gasteiger partial charge < -0.3 is 15.4 Å². The molecule has 0 aliphatic rings. The molecule has 0 aliphatic heterocycles. The predicted molar refractivity (Wildman–Crippen MR) is 84.7 cm³/mol. The van der Waals surface area contributed by atoms with E-state index >= 15 is 0 Å². The van der Waals surface area contributed by atoms with E-state index in [4.69, 9.17) is 16.3 Å². The molecule has 22 heavy (non-hydrogen) atoms. The van der Waals surface area contributed by atoms with Crippen molar-refractivity contribution < 1.29 is 13.9 Å². The Balaban J connectivity index is 1.82. The van der Waals surface area contributed by atoms with E-state index in [1.54, 1.807) is 7.11 Å². The molecule has 0 aliphatic carbocycles. The van der Waals surface area contributed by atoms with Gasteiger partial charge in [-0.3, -0.25) is 4.79 Å².